The van der Waals surface area contributed by atoms with Crippen molar-refractivity contribution in [3.05, 3.63) is 62.8 Å². The number of ether oxygens (including phenoxy) is 1. The van der Waals surface area contributed by atoms with Gasteiger partial charge in [-0.05, 0) is 68.3 Å². The van der Waals surface area contributed by atoms with E-state index < -0.39 is 17.5 Å². The van der Waals surface area contributed by atoms with E-state index in [4.69, 9.17) is 25.9 Å². The minimum atomic E-state index is -1.20. The third-order valence-corrected chi connectivity index (χ3v) is 4.47. The van der Waals surface area contributed by atoms with E-state index in [9.17, 15) is 9.59 Å². The number of carboxylic acids is 1. The largest absolute Gasteiger partial charge is 0.479 e. The molecule has 0 fully saturated rings. The van der Waals surface area contributed by atoms with Crippen molar-refractivity contribution in [2.75, 3.05) is 0 Å². The Morgan fingerprint density at radius 3 is 2.38 bits per heavy atom. The predicted molar refractivity (Wildman–Crippen MR) is 100 cm³/mol. The van der Waals surface area contributed by atoms with Gasteiger partial charge in [-0.1, -0.05) is 11.6 Å². The third-order valence-electron chi connectivity index (χ3n) is 4.21. The van der Waals surface area contributed by atoms with Crippen LogP contribution in [0.15, 0.2) is 45.6 Å². The maximum absolute atomic E-state index is 13.0. The number of benzene rings is 2. The number of hydrogen-bond acceptors (Lipinski definition) is 4. The second-order valence-corrected chi connectivity index (χ2v) is 6.56. The highest BCUT2D eigenvalue weighted by Gasteiger charge is 2.23. The number of carboxylic acid groups (broad SMARTS) is 1. The molecule has 134 valence electrons. The van der Waals surface area contributed by atoms with Gasteiger partial charge in [0.25, 0.3) is 0 Å². The summed E-state index contributed by atoms with van der Waals surface area (Å²) >= 11 is 5.93. The van der Waals surface area contributed by atoms with Crippen LogP contribution >= 0.6 is 11.6 Å². The van der Waals surface area contributed by atoms with Gasteiger partial charge in [-0.3, -0.25) is 4.79 Å². The number of hydrogen-bond donors (Lipinski definition) is 1. The minimum Gasteiger partial charge on any atom is -0.479 e. The molecule has 26 heavy (non-hydrogen) atoms. The molecule has 0 spiro atoms. The zero-order valence-corrected chi connectivity index (χ0v) is 15.3. The topological polar surface area (TPSA) is 76.7 Å². The van der Waals surface area contributed by atoms with Crippen LogP contribution in [-0.4, -0.2) is 17.2 Å². The normalized spacial score (nSPS) is 12.2. The minimum absolute atomic E-state index is 0.127. The lowest BCUT2D eigenvalue weighted by molar-refractivity contribution is -0.144. The Hall–Kier alpha value is -2.79. The van der Waals surface area contributed by atoms with Crippen molar-refractivity contribution in [1.82, 2.24) is 0 Å². The van der Waals surface area contributed by atoms with Crippen molar-refractivity contribution in [3.63, 3.8) is 0 Å². The fraction of sp³-hybridized carbons (Fsp3) is 0.200. The lowest BCUT2D eigenvalue weighted by Crippen LogP contribution is -2.26. The van der Waals surface area contributed by atoms with Crippen molar-refractivity contribution in [1.29, 1.82) is 0 Å². The maximum atomic E-state index is 13.0. The van der Waals surface area contributed by atoms with E-state index in [1.165, 1.54) is 6.92 Å². The summed E-state index contributed by atoms with van der Waals surface area (Å²) in [5.41, 5.74) is 2.49. The molecule has 2 aromatic carbocycles. The molecule has 1 atom stereocenters. The summed E-state index contributed by atoms with van der Waals surface area (Å²) in [6.45, 7) is 5.17. The fourth-order valence-electron chi connectivity index (χ4n) is 2.56. The first-order valence-electron chi connectivity index (χ1n) is 8.01. The smallest absolute Gasteiger partial charge is 0.344 e. The molecule has 0 saturated heterocycles. The number of aryl methyl sites for hydroxylation is 2. The Morgan fingerprint density at radius 2 is 1.77 bits per heavy atom. The molecule has 0 unspecified atom stereocenters. The van der Waals surface area contributed by atoms with Crippen LogP contribution in [0.4, 0.5) is 0 Å². The van der Waals surface area contributed by atoms with E-state index in [1.54, 1.807) is 36.4 Å². The first kappa shape index (κ1) is 18.0. The van der Waals surface area contributed by atoms with Gasteiger partial charge in [0.05, 0.1) is 5.39 Å². The van der Waals surface area contributed by atoms with E-state index in [1.807, 2.05) is 13.8 Å². The maximum Gasteiger partial charge on any atom is 0.344 e. The number of fused-ring (bicyclic) bond motifs is 1. The van der Waals surface area contributed by atoms with E-state index in [2.05, 4.69) is 0 Å². The van der Waals surface area contributed by atoms with Crippen LogP contribution in [0.3, 0.4) is 0 Å². The summed E-state index contributed by atoms with van der Waals surface area (Å²) in [5, 5.41) is 10.0. The van der Waals surface area contributed by atoms with Gasteiger partial charge >= 0.3 is 5.97 Å². The van der Waals surface area contributed by atoms with Crippen LogP contribution in [0.5, 0.6) is 5.75 Å². The second-order valence-electron chi connectivity index (χ2n) is 6.13. The quantitative estimate of drug-likeness (QED) is 0.725. The van der Waals surface area contributed by atoms with Gasteiger partial charge in [0.1, 0.15) is 5.58 Å². The summed E-state index contributed by atoms with van der Waals surface area (Å²) in [6, 6.07) is 10.2. The standard InChI is InChI=1S/C20H17ClO5/c1-10-8-15-16(9-11(10)2)26-18(13-4-6-14(21)7-5-13)19(17(15)22)25-12(3)20(23)24/h4-9,12H,1-3H3,(H,23,24)/t12-/m1/s1. The number of halogens is 1. The van der Waals surface area contributed by atoms with Crippen molar-refractivity contribution in [2.45, 2.75) is 26.9 Å². The average molecular weight is 373 g/mol. The van der Waals surface area contributed by atoms with Gasteiger partial charge in [0.2, 0.25) is 11.2 Å². The van der Waals surface area contributed by atoms with Crippen molar-refractivity contribution >= 4 is 28.5 Å². The molecule has 0 bridgehead atoms. The Balaban J connectivity index is 2.32. The summed E-state index contributed by atoms with van der Waals surface area (Å²) in [4.78, 5) is 24.2. The monoisotopic (exact) mass is 372 g/mol. The van der Waals surface area contributed by atoms with Crippen LogP contribution in [0, 0.1) is 13.8 Å². The molecular formula is C20H17ClO5. The number of carbonyl (C=O) groups is 1. The fourth-order valence-corrected chi connectivity index (χ4v) is 2.68. The molecule has 1 N–H and O–H groups in total. The first-order chi connectivity index (χ1) is 12.3. The molecule has 1 aromatic heterocycles. The molecule has 6 heteroatoms. The van der Waals surface area contributed by atoms with Gasteiger partial charge in [0.15, 0.2) is 11.9 Å². The summed E-state index contributed by atoms with van der Waals surface area (Å²) in [5.74, 6) is -1.12. The second kappa shape index (κ2) is 6.84. The molecule has 0 amide bonds. The van der Waals surface area contributed by atoms with Crippen LogP contribution in [-0.2, 0) is 4.79 Å². The highest BCUT2D eigenvalue weighted by Crippen LogP contribution is 2.33. The Morgan fingerprint density at radius 1 is 1.15 bits per heavy atom. The van der Waals surface area contributed by atoms with Crippen LogP contribution in [0.1, 0.15) is 18.1 Å². The van der Waals surface area contributed by atoms with Gasteiger partial charge in [0, 0.05) is 10.6 Å². The molecule has 3 rings (SSSR count). The lowest BCUT2D eigenvalue weighted by atomic mass is 10.0. The predicted octanol–water partition coefficient (Wildman–Crippen LogP) is 4.58. The van der Waals surface area contributed by atoms with E-state index >= 15 is 0 Å². The van der Waals surface area contributed by atoms with E-state index in [0.29, 0.717) is 21.6 Å². The molecule has 1 heterocycles. The molecule has 0 aliphatic heterocycles. The molecule has 0 aliphatic rings. The van der Waals surface area contributed by atoms with Gasteiger partial charge < -0.3 is 14.3 Å². The zero-order valence-electron chi connectivity index (χ0n) is 14.5. The average Bonchev–Trinajstić information content (AvgIpc) is 2.59. The van der Waals surface area contributed by atoms with Crippen molar-refractivity contribution < 1.29 is 19.1 Å². The molecule has 0 saturated carbocycles. The molecule has 5 nitrogen and oxygen atoms in total. The van der Waals surface area contributed by atoms with Gasteiger partial charge in [-0.15, -0.1) is 0 Å². The first-order valence-corrected chi connectivity index (χ1v) is 8.39. The summed E-state index contributed by atoms with van der Waals surface area (Å²) in [6.07, 6.45) is -1.20. The van der Waals surface area contributed by atoms with Crippen molar-refractivity contribution in [3.8, 4) is 17.1 Å². The van der Waals surface area contributed by atoms with Gasteiger partial charge in [-0.2, -0.15) is 0 Å². The third kappa shape index (κ3) is 3.30. The highest BCUT2D eigenvalue weighted by molar-refractivity contribution is 6.30. The summed E-state index contributed by atoms with van der Waals surface area (Å²) in [7, 11) is 0. The Bertz CT molecular complexity index is 1050. The van der Waals surface area contributed by atoms with E-state index in [-0.39, 0.29) is 11.5 Å². The molecular weight excluding hydrogens is 356 g/mol. The zero-order chi connectivity index (χ0) is 19.0. The highest BCUT2D eigenvalue weighted by atomic mass is 35.5. The molecule has 3 aromatic rings. The molecule has 0 radical (unpaired) electrons. The Kier molecular flexibility index (Phi) is 4.74. The van der Waals surface area contributed by atoms with Crippen LogP contribution in [0.25, 0.3) is 22.3 Å². The van der Waals surface area contributed by atoms with Crippen molar-refractivity contribution in [2.24, 2.45) is 0 Å². The van der Waals surface area contributed by atoms with Crippen LogP contribution in [0.2, 0.25) is 5.02 Å². The Labute approximate surface area is 154 Å². The molecule has 0 aliphatic carbocycles. The number of aliphatic carboxylic acids is 1. The number of rotatable bonds is 4. The summed E-state index contributed by atoms with van der Waals surface area (Å²) < 4.78 is 11.4. The van der Waals surface area contributed by atoms with Crippen LogP contribution < -0.4 is 10.2 Å². The van der Waals surface area contributed by atoms with E-state index in [0.717, 1.165) is 11.1 Å². The SMILES string of the molecule is Cc1cc2oc(-c3ccc(Cl)cc3)c(O[C@H](C)C(=O)O)c(=O)c2cc1C. The lowest BCUT2D eigenvalue weighted by Gasteiger charge is -2.15. The van der Waals surface area contributed by atoms with Gasteiger partial charge in [-0.25, -0.2) is 4.79 Å².